The zero-order chi connectivity index (χ0) is 9.52. The molecule has 0 bridgehead atoms. The summed E-state index contributed by atoms with van der Waals surface area (Å²) < 4.78 is 0. The highest BCUT2D eigenvalue weighted by Crippen LogP contribution is 2.13. The van der Waals surface area contributed by atoms with Gasteiger partial charge in [0.2, 0.25) is 0 Å². The van der Waals surface area contributed by atoms with Crippen molar-refractivity contribution in [3.8, 4) is 11.8 Å². The van der Waals surface area contributed by atoms with Crippen LogP contribution in [0.4, 0.5) is 0 Å². The van der Waals surface area contributed by atoms with Crippen LogP contribution in [-0.2, 0) is 6.42 Å². The fourth-order valence-corrected chi connectivity index (χ4v) is 1.25. The standard InChI is InChI=1S/C11H13NO/c12-8-3-1-2-5-10-6-4-7-11(13)9-10/h4,6-7,9,13H,1-3,5H2. The summed E-state index contributed by atoms with van der Waals surface area (Å²) in [5, 5.41) is 17.5. The van der Waals surface area contributed by atoms with Crippen LogP contribution in [0, 0.1) is 11.3 Å². The SMILES string of the molecule is N#CCCCCc1cccc(O)c1. The minimum atomic E-state index is 0.317. The number of aromatic hydroxyl groups is 1. The molecule has 13 heavy (non-hydrogen) atoms. The Kier molecular flexibility index (Phi) is 3.84. The molecule has 0 spiro atoms. The maximum absolute atomic E-state index is 9.16. The second kappa shape index (κ2) is 5.21. The summed E-state index contributed by atoms with van der Waals surface area (Å²) in [7, 11) is 0. The summed E-state index contributed by atoms with van der Waals surface area (Å²) >= 11 is 0. The van der Waals surface area contributed by atoms with Gasteiger partial charge in [-0.2, -0.15) is 5.26 Å². The molecule has 0 aliphatic carbocycles. The lowest BCUT2D eigenvalue weighted by molar-refractivity contribution is 0.474. The lowest BCUT2D eigenvalue weighted by atomic mass is 10.1. The highest BCUT2D eigenvalue weighted by Gasteiger charge is 1.94. The van der Waals surface area contributed by atoms with Crippen molar-refractivity contribution in [3.05, 3.63) is 29.8 Å². The molecule has 2 nitrogen and oxygen atoms in total. The van der Waals surface area contributed by atoms with Crippen LogP contribution in [0.15, 0.2) is 24.3 Å². The van der Waals surface area contributed by atoms with Crippen LogP contribution in [0.25, 0.3) is 0 Å². The second-order valence-electron chi connectivity index (χ2n) is 3.04. The van der Waals surface area contributed by atoms with Gasteiger partial charge in [-0.1, -0.05) is 12.1 Å². The topological polar surface area (TPSA) is 44.0 Å². The van der Waals surface area contributed by atoms with Crippen LogP contribution in [0.3, 0.4) is 0 Å². The molecular weight excluding hydrogens is 162 g/mol. The van der Waals surface area contributed by atoms with Crippen molar-refractivity contribution >= 4 is 0 Å². The van der Waals surface area contributed by atoms with Crippen LogP contribution in [0.2, 0.25) is 0 Å². The van der Waals surface area contributed by atoms with Crippen molar-refractivity contribution in [2.45, 2.75) is 25.7 Å². The molecule has 1 rings (SSSR count). The minimum absolute atomic E-state index is 0.317. The van der Waals surface area contributed by atoms with E-state index in [4.69, 9.17) is 10.4 Å². The van der Waals surface area contributed by atoms with E-state index in [1.165, 1.54) is 0 Å². The van der Waals surface area contributed by atoms with Crippen LogP contribution in [-0.4, -0.2) is 5.11 Å². The molecule has 0 saturated heterocycles. The molecule has 0 aliphatic rings. The van der Waals surface area contributed by atoms with Crippen molar-refractivity contribution in [1.29, 1.82) is 5.26 Å². The quantitative estimate of drug-likeness (QED) is 0.715. The number of benzene rings is 1. The van der Waals surface area contributed by atoms with E-state index in [1.54, 1.807) is 12.1 Å². The van der Waals surface area contributed by atoms with E-state index in [-0.39, 0.29) is 0 Å². The molecule has 0 radical (unpaired) electrons. The maximum Gasteiger partial charge on any atom is 0.115 e. The highest BCUT2D eigenvalue weighted by molar-refractivity contribution is 5.27. The first-order chi connectivity index (χ1) is 6.33. The van der Waals surface area contributed by atoms with Crippen LogP contribution < -0.4 is 0 Å². The lowest BCUT2D eigenvalue weighted by Gasteiger charge is -1.99. The Labute approximate surface area is 78.4 Å². The number of aryl methyl sites for hydroxylation is 1. The van der Waals surface area contributed by atoms with Gasteiger partial charge >= 0.3 is 0 Å². The summed E-state index contributed by atoms with van der Waals surface area (Å²) in [6.45, 7) is 0. The normalized spacial score (nSPS) is 9.46. The number of phenols is 1. The van der Waals surface area contributed by atoms with Gasteiger partial charge < -0.3 is 5.11 Å². The van der Waals surface area contributed by atoms with E-state index in [9.17, 15) is 0 Å². The Hall–Kier alpha value is -1.49. The van der Waals surface area contributed by atoms with Gasteiger partial charge in [0, 0.05) is 6.42 Å². The first-order valence-electron chi connectivity index (χ1n) is 4.48. The molecule has 68 valence electrons. The van der Waals surface area contributed by atoms with Crippen LogP contribution in [0.5, 0.6) is 5.75 Å². The fraction of sp³-hybridized carbons (Fsp3) is 0.364. The summed E-state index contributed by atoms with van der Waals surface area (Å²) in [6, 6.07) is 9.39. The Morgan fingerprint density at radius 3 is 2.85 bits per heavy atom. The van der Waals surface area contributed by atoms with E-state index in [0.29, 0.717) is 12.2 Å². The number of unbranched alkanes of at least 4 members (excludes halogenated alkanes) is 2. The lowest BCUT2D eigenvalue weighted by Crippen LogP contribution is -1.84. The zero-order valence-electron chi connectivity index (χ0n) is 7.53. The van der Waals surface area contributed by atoms with Crippen molar-refractivity contribution < 1.29 is 5.11 Å². The summed E-state index contributed by atoms with van der Waals surface area (Å²) in [6.07, 6.45) is 3.51. The highest BCUT2D eigenvalue weighted by atomic mass is 16.3. The molecule has 0 aliphatic heterocycles. The molecule has 0 unspecified atom stereocenters. The molecular formula is C11H13NO. The van der Waals surface area contributed by atoms with E-state index >= 15 is 0 Å². The third-order valence-electron chi connectivity index (χ3n) is 1.91. The van der Waals surface area contributed by atoms with Gasteiger partial charge in [-0.25, -0.2) is 0 Å². The van der Waals surface area contributed by atoms with Crippen molar-refractivity contribution in [2.24, 2.45) is 0 Å². The summed E-state index contributed by atoms with van der Waals surface area (Å²) in [5.41, 5.74) is 1.14. The molecule has 1 aromatic rings. The Morgan fingerprint density at radius 2 is 2.15 bits per heavy atom. The molecule has 1 aromatic carbocycles. The van der Waals surface area contributed by atoms with E-state index in [0.717, 1.165) is 24.8 Å². The summed E-state index contributed by atoms with van der Waals surface area (Å²) in [4.78, 5) is 0. The number of rotatable bonds is 4. The molecule has 2 heteroatoms. The number of hydrogen-bond donors (Lipinski definition) is 1. The molecule has 0 saturated carbocycles. The van der Waals surface area contributed by atoms with Gasteiger partial charge in [0.25, 0.3) is 0 Å². The van der Waals surface area contributed by atoms with Crippen molar-refractivity contribution in [3.63, 3.8) is 0 Å². The van der Waals surface area contributed by atoms with Gasteiger partial charge in [0.15, 0.2) is 0 Å². The van der Waals surface area contributed by atoms with Gasteiger partial charge in [0.05, 0.1) is 6.07 Å². The van der Waals surface area contributed by atoms with E-state index < -0.39 is 0 Å². The van der Waals surface area contributed by atoms with E-state index in [2.05, 4.69) is 6.07 Å². The second-order valence-corrected chi connectivity index (χ2v) is 3.04. The van der Waals surface area contributed by atoms with Gasteiger partial charge in [-0.15, -0.1) is 0 Å². The fourth-order valence-electron chi connectivity index (χ4n) is 1.25. The maximum atomic E-state index is 9.16. The van der Waals surface area contributed by atoms with Crippen LogP contribution >= 0.6 is 0 Å². The third kappa shape index (κ3) is 3.62. The predicted octanol–water partition coefficient (Wildman–Crippen LogP) is 2.63. The predicted molar refractivity (Wildman–Crippen MR) is 51.3 cm³/mol. The molecule has 0 amide bonds. The Bertz CT molecular complexity index is 301. The zero-order valence-corrected chi connectivity index (χ0v) is 7.53. The number of nitrogens with zero attached hydrogens (tertiary/aromatic N) is 1. The molecule has 0 atom stereocenters. The Morgan fingerprint density at radius 1 is 1.31 bits per heavy atom. The number of nitriles is 1. The molecule has 0 heterocycles. The Balaban J connectivity index is 2.33. The van der Waals surface area contributed by atoms with Crippen molar-refractivity contribution in [2.75, 3.05) is 0 Å². The minimum Gasteiger partial charge on any atom is -0.508 e. The average Bonchev–Trinajstić information content (AvgIpc) is 2.13. The van der Waals surface area contributed by atoms with Gasteiger partial charge in [-0.05, 0) is 37.0 Å². The molecule has 0 fully saturated rings. The number of phenolic OH excluding ortho intramolecular Hbond substituents is 1. The van der Waals surface area contributed by atoms with E-state index in [1.807, 2.05) is 12.1 Å². The number of hydrogen-bond acceptors (Lipinski definition) is 2. The molecule has 0 aromatic heterocycles. The monoisotopic (exact) mass is 175 g/mol. The smallest absolute Gasteiger partial charge is 0.115 e. The van der Waals surface area contributed by atoms with Gasteiger partial charge in [-0.3, -0.25) is 0 Å². The largest absolute Gasteiger partial charge is 0.508 e. The van der Waals surface area contributed by atoms with Crippen molar-refractivity contribution in [1.82, 2.24) is 0 Å². The third-order valence-corrected chi connectivity index (χ3v) is 1.91. The first-order valence-corrected chi connectivity index (χ1v) is 4.48. The first kappa shape index (κ1) is 9.60. The van der Waals surface area contributed by atoms with Gasteiger partial charge in [0.1, 0.15) is 5.75 Å². The molecule has 1 N–H and O–H groups in total. The average molecular weight is 175 g/mol. The summed E-state index contributed by atoms with van der Waals surface area (Å²) in [5.74, 6) is 0.317. The van der Waals surface area contributed by atoms with Crippen LogP contribution in [0.1, 0.15) is 24.8 Å².